The minimum absolute atomic E-state index is 0.366. The predicted octanol–water partition coefficient (Wildman–Crippen LogP) is 6.96. The molecule has 0 saturated heterocycles. The summed E-state index contributed by atoms with van der Waals surface area (Å²) in [6.07, 6.45) is 0. The van der Waals surface area contributed by atoms with Crippen LogP contribution in [-0.4, -0.2) is 7.11 Å². The van der Waals surface area contributed by atoms with Crippen molar-refractivity contribution in [3.63, 3.8) is 0 Å². The molecule has 0 fully saturated rings. The standard InChI is InChI=1S/C21H18BrCl2NO2/c1-26-20-10-15(12-25-17-8-6-16(23)7-9-17)18(22)11-21(20)27-13-14-4-2-3-5-19(14)24/h2-11,25H,12-13H2,1H3. The SMILES string of the molecule is COc1cc(CNc2ccc(Cl)cc2)c(Br)cc1OCc1ccccc1Cl. The van der Waals surface area contributed by atoms with Crippen LogP contribution in [0.5, 0.6) is 11.5 Å². The highest BCUT2D eigenvalue weighted by molar-refractivity contribution is 9.10. The van der Waals surface area contributed by atoms with Gasteiger partial charge in [0.05, 0.1) is 7.11 Å². The van der Waals surface area contributed by atoms with Crippen molar-refractivity contribution in [2.75, 3.05) is 12.4 Å². The van der Waals surface area contributed by atoms with Gasteiger partial charge in [0.15, 0.2) is 11.5 Å². The fraction of sp³-hybridized carbons (Fsp3) is 0.143. The van der Waals surface area contributed by atoms with E-state index in [1.807, 2.05) is 60.7 Å². The number of methoxy groups -OCH3 is 1. The van der Waals surface area contributed by atoms with Crippen LogP contribution in [0.1, 0.15) is 11.1 Å². The molecule has 0 aliphatic carbocycles. The molecule has 1 N–H and O–H groups in total. The molecule has 0 radical (unpaired) electrons. The van der Waals surface area contributed by atoms with E-state index in [9.17, 15) is 0 Å². The normalized spacial score (nSPS) is 10.5. The van der Waals surface area contributed by atoms with Gasteiger partial charge in [0.25, 0.3) is 0 Å². The van der Waals surface area contributed by atoms with E-state index in [0.29, 0.717) is 34.7 Å². The minimum Gasteiger partial charge on any atom is -0.493 e. The summed E-state index contributed by atoms with van der Waals surface area (Å²) < 4.78 is 12.4. The molecule has 0 bridgehead atoms. The molecule has 0 heterocycles. The average molecular weight is 467 g/mol. The van der Waals surface area contributed by atoms with Gasteiger partial charge < -0.3 is 14.8 Å². The van der Waals surface area contributed by atoms with Gasteiger partial charge in [-0.3, -0.25) is 0 Å². The van der Waals surface area contributed by atoms with Gasteiger partial charge in [-0.1, -0.05) is 57.3 Å². The van der Waals surface area contributed by atoms with Gasteiger partial charge in [-0.2, -0.15) is 0 Å². The summed E-state index contributed by atoms with van der Waals surface area (Å²) in [6.45, 7) is 0.994. The Balaban J connectivity index is 1.72. The molecule has 27 heavy (non-hydrogen) atoms. The molecule has 3 aromatic carbocycles. The van der Waals surface area contributed by atoms with Crippen molar-refractivity contribution in [1.82, 2.24) is 0 Å². The summed E-state index contributed by atoms with van der Waals surface area (Å²) in [4.78, 5) is 0. The lowest BCUT2D eigenvalue weighted by Crippen LogP contribution is -2.03. The lowest BCUT2D eigenvalue weighted by Gasteiger charge is -2.15. The molecule has 0 atom stereocenters. The highest BCUT2D eigenvalue weighted by atomic mass is 79.9. The quantitative estimate of drug-likeness (QED) is 0.408. The third-order valence-electron chi connectivity index (χ3n) is 4.00. The Morgan fingerprint density at radius 2 is 1.67 bits per heavy atom. The number of nitrogens with one attached hydrogen (secondary N) is 1. The Bertz CT molecular complexity index is 917. The van der Waals surface area contributed by atoms with Crippen LogP contribution < -0.4 is 14.8 Å². The summed E-state index contributed by atoms with van der Waals surface area (Å²) in [5.41, 5.74) is 2.96. The van der Waals surface area contributed by atoms with Gasteiger partial charge >= 0.3 is 0 Å². The van der Waals surface area contributed by atoms with Crippen molar-refractivity contribution in [2.45, 2.75) is 13.2 Å². The van der Waals surface area contributed by atoms with E-state index in [-0.39, 0.29) is 0 Å². The zero-order chi connectivity index (χ0) is 19.2. The third kappa shape index (κ3) is 5.32. The van der Waals surface area contributed by atoms with Crippen LogP contribution in [0.25, 0.3) is 0 Å². The zero-order valence-electron chi connectivity index (χ0n) is 14.6. The van der Waals surface area contributed by atoms with Gasteiger partial charge in [0.2, 0.25) is 0 Å². The van der Waals surface area contributed by atoms with Crippen LogP contribution in [0.3, 0.4) is 0 Å². The van der Waals surface area contributed by atoms with Crippen LogP contribution in [0, 0.1) is 0 Å². The smallest absolute Gasteiger partial charge is 0.162 e. The Hall–Kier alpha value is -1.88. The van der Waals surface area contributed by atoms with E-state index >= 15 is 0 Å². The topological polar surface area (TPSA) is 30.5 Å². The molecule has 3 rings (SSSR count). The molecule has 6 heteroatoms. The lowest BCUT2D eigenvalue weighted by molar-refractivity contribution is 0.284. The summed E-state index contributed by atoms with van der Waals surface area (Å²) in [5.74, 6) is 1.32. The van der Waals surface area contributed by atoms with Gasteiger partial charge in [0.1, 0.15) is 6.61 Å². The summed E-state index contributed by atoms with van der Waals surface area (Å²) in [6, 6.07) is 19.1. The molecular formula is C21H18BrCl2NO2. The maximum Gasteiger partial charge on any atom is 0.162 e. The lowest BCUT2D eigenvalue weighted by atomic mass is 10.2. The molecule has 0 amide bonds. The molecule has 0 aliphatic rings. The van der Waals surface area contributed by atoms with Crippen molar-refractivity contribution < 1.29 is 9.47 Å². The molecule has 3 nitrogen and oxygen atoms in total. The monoisotopic (exact) mass is 465 g/mol. The highest BCUT2D eigenvalue weighted by Gasteiger charge is 2.11. The Morgan fingerprint density at radius 1 is 0.926 bits per heavy atom. The maximum atomic E-state index is 6.19. The second kappa shape index (κ2) is 9.36. The van der Waals surface area contributed by atoms with Crippen molar-refractivity contribution >= 4 is 44.8 Å². The first-order chi connectivity index (χ1) is 13.1. The first-order valence-corrected chi connectivity index (χ1v) is 9.84. The number of hydrogen-bond donors (Lipinski definition) is 1. The largest absolute Gasteiger partial charge is 0.493 e. The summed E-state index contributed by atoms with van der Waals surface area (Å²) in [5, 5.41) is 4.75. The number of hydrogen-bond acceptors (Lipinski definition) is 3. The molecule has 0 unspecified atom stereocenters. The van der Waals surface area contributed by atoms with Crippen molar-refractivity contribution in [3.05, 3.63) is 86.3 Å². The molecular weight excluding hydrogens is 449 g/mol. The highest BCUT2D eigenvalue weighted by Crippen LogP contribution is 2.35. The Morgan fingerprint density at radius 3 is 2.37 bits per heavy atom. The molecule has 0 aliphatic heterocycles. The van der Waals surface area contributed by atoms with Crippen LogP contribution in [-0.2, 0) is 13.2 Å². The van der Waals surface area contributed by atoms with E-state index in [2.05, 4.69) is 21.2 Å². The van der Waals surface area contributed by atoms with Gasteiger partial charge in [0, 0.05) is 32.3 Å². The second-order valence-electron chi connectivity index (χ2n) is 5.84. The number of rotatable bonds is 7. The molecule has 0 saturated carbocycles. The number of anilines is 1. The van der Waals surface area contributed by atoms with Crippen LogP contribution in [0.4, 0.5) is 5.69 Å². The van der Waals surface area contributed by atoms with Crippen LogP contribution in [0.2, 0.25) is 10.0 Å². The van der Waals surface area contributed by atoms with Crippen molar-refractivity contribution in [2.24, 2.45) is 0 Å². The number of halogens is 3. The van der Waals surface area contributed by atoms with Crippen LogP contribution >= 0.6 is 39.1 Å². The Kier molecular flexibility index (Phi) is 6.89. The van der Waals surface area contributed by atoms with E-state index < -0.39 is 0 Å². The van der Waals surface area contributed by atoms with E-state index in [4.69, 9.17) is 32.7 Å². The maximum absolute atomic E-state index is 6.19. The zero-order valence-corrected chi connectivity index (χ0v) is 17.7. The summed E-state index contributed by atoms with van der Waals surface area (Å²) >= 11 is 15.7. The molecule has 0 spiro atoms. The first-order valence-electron chi connectivity index (χ1n) is 8.29. The minimum atomic E-state index is 0.366. The Labute approximate surface area is 177 Å². The van der Waals surface area contributed by atoms with Gasteiger partial charge in [-0.05, 0) is 48.0 Å². The second-order valence-corrected chi connectivity index (χ2v) is 7.53. The van der Waals surface area contributed by atoms with Crippen LogP contribution in [0.15, 0.2) is 65.1 Å². The average Bonchev–Trinajstić information content (AvgIpc) is 2.68. The first kappa shape index (κ1) is 19.9. The predicted molar refractivity (Wildman–Crippen MR) is 115 cm³/mol. The van der Waals surface area contributed by atoms with E-state index in [0.717, 1.165) is 21.3 Å². The molecule has 3 aromatic rings. The fourth-order valence-corrected chi connectivity index (χ4v) is 3.30. The van der Waals surface area contributed by atoms with E-state index in [1.54, 1.807) is 7.11 Å². The summed E-state index contributed by atoms with van der Waals surface area (Å²) in [7, 11) is 1.63. The number of benzene rings is 3. The van der Waals surface area contributed by atoms with Crippen molar-refractivity contribution in [1.29, 1.82) is 0 Å². The molecule has 140 valence electrons. The van der Waals surface area contributed by atoms with Gasteiger partial charge in [-0.25, -0.2) is 0 Å². The molecule has 0 aromatic heterocycles. The third-order valence-corrected chi connectivity index (χ3v) is 5.36. The fourth-order valence-electron chi connectivity index (χ4n) is 2.52. The van der Waals surface area contributed by atoms with Crippen molar-refractivity contribution in [3.8, 4) is 11.5 Å². The van der Waals surface area contributed by atoms with Gasteiger partial charge in [-0.15, -0.1) is 0 Å². The van der Waals surface area contributed by atoms with E-state index in [1.165, 1.54) is 0 Å². The number of ether oxygens (including phenoxy) is 2.